The molecule has 0 unspecified atom stereocenters. The Hall–Kier alpha value is -1.98. The maximum atomic E-state index is 11.2. The van der Waals surface area contributed by atoms with Crippen molar-refractivity contribution in [2.45, 2.75) is 17.9 Å². The summed E-state index contributed by atoms with van der Waals surface area (Å²) >= 11 is 1.73. The van der Waals surface area contributed by atoms with Gasteiger partial charge in [0.1, 0.15) is 0 Å². The number of thioether (sulfide) groups is 1. The molecule has 0 radical (unpaired) electrons. The molecule has 0 aliphatic rings. The number of benzene rings is 2. The minimum absolute atomic E-state index is 0.233. The van der Waals surface area contributed by atoms with Crippen LogP contribution in [-0.4, -0.2) is 23.4 Å². The number of amides is 1. The number of carbonyl (C=O) groups is 1. The lowest BCUT2D eigenvalue weighted by atomic mass is 10.1. The summed E-state index contributed by atoms with van der Waals surface area (Å²) < 4.78 is 0. The average molecular weight is 316 g/mol. The van der Waals surface area contributed by atoms with E-state index in [9.17, 15) is 4.79 Å². The van der Waals surface area contributed by atoms with Crippen molar-refractivity contribution >= 4 is 23.4 Å². The number of anilines is 1. The van der Waals surface area contributed by atoms with Gasteiger partial charge >= 0.3 is 0 Å². The molecule has 22 heavy (non-hydrogen) atoms. The van der Waals surface area contributed by atoms with Crippen molar-refractivity contribution < 1.29 is 9.90 Å². The Kier molecular flexibility index (Phi) is 6.30. The fraction of sp³-hybridized carbons (Fsp3) is 0.235. The van der Waals surface area contributed by atoms with Crippen LogP contribution in [0.2, 0.25) is 0 Å². The summed E-state index contributed by atoms with van der Waals surface area (Å²) in [6.07, 6.45) is 0.806. The molecule has 2 aromatic rings. The summed E-state index contributed by atoms with van der Waals surface area (Å²) in [5.41, 5.74) is 7.84. The number of aliphatic hydroxyl groups excluding tert-OH is 1. The molecule has 0 fully saturated rings. The maximum Gasteiger partial charge on any atom is 0.248 e. The molecule has 5 heteroatoms. The van der Waals surface area contributed by atoms with Gasteiger partial charge in [-0.3, -0.25) is 4.79 Å². The van der Waals surface area contributed by atoms with E-state index in [2.05, 4.69) is 17.4 Å². The summed E-state index contributed by atoms with van der Waals surface area (Å²) in [5, 5.41) is 12.1. The number of aliphatic hydroxyl groups is 1. The van der Waals surface area contributed by atoms with Gasteiger partial charge < -0.3 is 16.2 Å². The van der Waals surface area contributed by atoms with E-state index in [0.717, 1.165) is 23.4 Å². The van der Waals surface area contributed by atoms with Gasteiger partial charge in [-0.25, -0.2) is 0 Å². The first-order valence-corrected chi connectivity index (χ1v) is 8.14. The van der Waals surface area contributed by atoms with E-state index in [1.807, 2.05) is 24.3 Å². The number of carbonyl (C=O) groups excluding carboxylic acids is 1. The van der Waals surface area contributed by atoms with Crippen LogP contribution in [0.5, 0.6) is 0 Å². The zero-order valence-corrected chi connectivity index (χ0v) is 13.1. The highest BCUT2D eigenvalue weighted by atomic mass is 32.2. The van der Waals surface area contributed by atoms with Crippen LogP contribution < -0.4 is 11.1 Å². The third-order valence-corrected chi connectivity index (χ3v) is 4.23. The lowest BCUT2D eigenvalue weighted by molar-refractivity contribution is 0.1000. The Balaban J connectivity index is 1.89. The smallest absolute Gasteiger partial charge is 0.248 e. The highest BCUT2D eigenvalue weighted by molar-refractivity contribution is 7.99. The van der Waals surface area contributed by atoms with E-state index in [4.69, 9.17) is 10.8 Å². The molecule has 0 aromatic heterocycles. The number of nitrogens with one attached hydrogen (secondary N) is 1. The molecule has 2 rings (SSSR count). The lowest BCUT2D eigenvalue weighted by Gasteiger charge is -2.08. The summed E-state index contributed by atoms with van der Waals surface area (Å²) in [7, 11) is 0. The van der Waals surface area contributed by atoms with Crippen molar-refractivity contribution in [3.8, 4) is 0 Å². The molecule has 0 aliphatic heterocycles. The van der Waals surface area contributed by atoms with Crippen LogP contribution in [0, 0.1) is 0 Å². The zero-order chi connectivity index (χ0) is 15.8. The van der Waals surface area contributed by atoms with Crippen LogP contribution >= 0.6 is 11.8 Å². The Labute approximate surface area is 134 Å². The van der Waals surface area contributed by atoms with E-state index < -0.39 is 5.91 Å². The van der Waals surface area contributed by atoms with Crippen molar-refractivity contribution in [1.82, 2.24) is 0 Å². The first-order chi connectivity index (χ1) is 10.7. The van der Waals surface area contributed by atoms with E-state index in [1.54, 1.807) is 23.9 Å². The predicted molar refractivity (Wildman–Crippen MR) is 91.2 cm³/mol. The second-order valence-corrected chi connectivity index (χ2v) is 6.04. The van der Waals surface area contributed by atoms with Crippen molar-refractivity contribution in [3.05, 3.63) is 59.7 Å². The quantitative estimate of drug-likeness (QED) is 0.517. The summed E-state index contributed by atoms with van der Waals surface area (Å²) in [6, 6.07) is 15.5. The second kappa shape index (κ2) is 8.46. The molecule has 0 bridgehead atoms. The van der Waals surface area contributed by atoms with Crippen LogP contribution in [0.15, 0.2) is 53.4 Å². The number of hydrogen-bond donors (Lipinski definition) is 3. The van der Waals surface area contributed by atoms with Crippen molar-refractivity contribution in [1.29, 1.82) is 0 Å². The van der Waals surface area contributed by atoms with E-state index >= 15 is 0 Å². The van der Waals surface area contributed by atoms with Crippen LogP contribution in [0.4, 0.5) is 5.69 Å². The third-order valence-electron chi connectivity index (χ3n) is 3.13. The fourth-order valence-electron chi connectivity index (χ4n) is 1.96. The Morgan fingerprint density at radius 3 is 2.64 bits per heavy atom. The Morgan fingerprint density at radius 1 is 1.18 bits per heavy atom. The zero-order valence-electron chi connectivity index (χ0n) is 12.3. The largest absolute Gasteiger partial charge is 0.396 e. The molecular weight excluding hydrogens is 296 g/mol. The predicted octanol–water partition coefficient (Wildman–Crippen LogP) is 2.87. The molecule has 0 spiro atoms. The molecule has 0 atom stereocenters. The Bertz CT molecular complexity index is 614. The van der Waals surface area contributed by atoms with E-state index in [1.165, 1.54) is 4.90 Å². The molecule has 0 saturated heterocycles. The summed E-state index contributed by atoms with van der Waals surface area (Å²) in [4.78, 5) is 12.3. The topological polar surface area (TPSA) is 75.4 Å². The normalized spacial score (nSPS) is 10.4. The van der Waals surface area contributed by atoms with Gasteiger partial charge in [-0.2, -0.15) is 0 Å². The fourth-order valence-corrected chi connectivity index (χ4v) is 2.80. The molecular formula is C17H20N2O2S. The van der Waals surface area contributed by atoms with Gasteiger partial charge in [-0.1, -0.05) is 12.1 Å². The van der Waals surface area contributed by atoms with E-state index in [0.29, 0.717) is 12.1 Å². The third kappa shape index (κ3) is 5.09. The molecule has 116 valence electrons. The van der Waals surface area contributed by atoms with Crippen LogP contribution in [0.3, 0.4) is 0 Å². The monoisotopic (exact) mass is 316 g/mol. The number of nitrogens with two attached hydrogens (primary N) is 1. The van der Waals surface area contributed by atoms with Gasteiger partial charge in [0.2, 0.25) is 5.91 Å². The molecule has 0 aliphatic carbocycles. The lowest BCUT2D eigenvalue weighted by Crippen LogP contribution is -2.11. The standard InChI is InChI=1S/C17H20N2O2S/c18-17(21)14-4-1-3-13(11-14)12-19-15-5-7-16(8-6-15)22-10-2-9-20/h1,3-8,11,19-20H,2,9-10,12H2,(H2,18,21). The molecule has 2 aromatic carbocycles. The molecule has 4 nitrogen and oxygen atoms in total. The van der Waals surface area contributed by atoms with Gasteiger partial charge in [-0.15, -0.1) is 11.8 Å². The number of hydrogen-bond acceptors (Lipinski definition) is 4. The van der Waals surface area contributed by atoms with Gasteiger partial charge in [-0.05, 0) is 48.4 Å². The maximum absolute atomic E-state index is 11.2. The van der Waals surface area contributed by atoms with Crippen molar-refractivity contribution in [2.75, 3.05) is 17.7 Å². The van der Waals surface area contributed by atoms with Crippen molar-refractivity contribution in [3.63, 3.8) is 0 Å². The van der Waals surface area contributed by atoms with Gasteiger partial charge in [0.15, 0.2) is 0 Å². The second-order valence-electron chi connectivity index (χ2n) is 4.87. The van der Waals surface area contributed by atoms with E-state index in [-0.39, 0.29) is 6.61 Å². The molecule has 1 amide bonds. The number of rotatable bonds is 8. The highest BCUT2D eigenvalue weighted by Gasteiger charge is 2.01. The minimum Gasteiger partial charge on any atom is -0.396 e. The van der Waals surface area contributed by atoms with Crippen LogP contribution in [0.25, 0.3) is 0 Å². The van der Waals surface area contributed by atoms with Gasteiger partial charge in [0.05, 0.1) is 0 Å². The van der Waals surface area contributed by atoms with Crippen LogP contribution in [-0.2, 0) is 6.54 Å². The first kappa shape index (κ1) is 16.4. The highest BCUT2D eigenvalue weighted by Crippen LogP contribution is 2.21. The molecule has 0 saturated carbocycles. The summed E-state index contributed by atoms with van der Waals surface area (Å²) in [6.45, 7) is 0.870. The van der Waals surface area contributed by atoms with Gasteiger partial charge in [0.25, 0.3) is 0 Å². The summed E-state index contributed by atoms with van der Waals surface area (Å²) in [5.74, 6) is 0.509. The SMILES string of the molecule is NC(=O)c1cccc(CNc2ccc(SCCCO)cc2)c1. The number of primary amides is 1. The molecule has 0 heterocycles. The first-order valence-electron chi connectivity index (χ1n) is 7.15. The Morgan fingerprint density at radius 2 is 1.95 bits per heavy atom. The van der Waals surface area contributed by atoms with Crippen molar-refractivity contribution in [2.24, 2.45) is 5.73 Å². The molecule has 4 N–H and O–H groups in total. The average Bonchev–Trinajstić information content (AvgIpc) is 2.54. The van der Waals surface area contributed by atoms with Gasteiger partial charge in [0, 0.05) is 35.1 Å². The van der Waals surface area contributed by atoms with Crippen LogP contribution in [0.1, 0.15) is 22.3 Å². The minimum atomic E-state index is -0.411.